The van der Waals surface area contributed by atoms with E-state index in [9.17, 15) is 18.5 Å². The smallest absolute Gasteiger partial charge is 0.306 e. The van der Waals surface area contributed by atoms with E-state index in [0.717, 1.165) is 6.07 Å². The van der Waals surface area contributed by atoms with Gasteiger partial charge in [0.15, 0.2) is 5.00 Å². The normalized spacial score (nSPS) is 11.1. The molecule has 10 heteroatoms. The molecule has 0 aliphatic heterocycles. The van der Waals surface area contributed by atoms with Gasteiger partial charge in [-0.1, -0.05) is 29.5 Å². The maximum atomic E-state index is 12.1. The number of benzene rings is 1. The second-order valence-corrected chi connectivity index (χ2v) is 6.61. The summed E-state index contributed by atoms with van der Waals surface area (Å²) < 4.78 is 26.4. The third kappa shape index (κ3) is 2.87. The minimum Gasteiger partial charge on any atom is -0.310 e. The SMILES string of the molecule is NNc1sc(S(=O)(=O)Nc2ccccc2)cc1[N+](=O)[O-]. The van der Waals surface area contributed by atoms with Gasteiger partial charge in [0.2, 0.25) is 0 Å². The zero-order chi connectivity index (χ0) is 14.8. The van der Waals surface area contributed by atoms with Crippen LogP contribution in [0.5, 0.6) is 0 Å². The number of nitro groups is 1. The molecule has 0 radical (unpaired) electrons. The number of sulfonamides is 1. The summed E-state index contributed by atoms with van der Waals surface area (Å²) in [5.74, 6) is 5.14. The quantitative estimate of drug-likeness (QED) is 0.438. The molecule has 2 aromatic rings. The predicted molar refractivity (Wildman–Crippen MR) is 76.0 cm³/mol. The summed E-state index contributed by atoms with van der Waals surface area (Å²) in [4.78, 5) is 10.1. The molecular formula is C10H10N4O4S2. The van der Waals surface area contributed by atoms with Crippen molar-refractivity contribution in [3.05, 3.63) is 46.5 Å². The number of nitrogens with two attached hydrogens (primary N) is 1. The third-order valence-corrected chi connectivity index (χ3v) is 5.22. The molecule has 0 aliphatic rings. The van der Waals surface area contributed by atoms with Crippen molar-refractivity contribution < 1.29 is 13.3 Å². The van der Waals surface area contributed by atoms with Crippen LogP contribution in [-0.2, 0) is 10.0 Å². The molecule has 8 nitrogen and oxygen atoms in total. The Labute approximate surface area is 118 Å². The summed E-state index contributed by atoms with van der Waals surface area (Å²) >= 11 is 0.686. The van der Waals surface area contributed by atoms with Crippen LogP contribution in [0.4, 0.5) is 16.4 Å². The first-order valence-corrected chi connectivity index (χ1v) is 7.56. The Balaban J connectivity index is 2.37. The van der Waals surface area contributed by atoms with Gasteiger partial charge >= 0.3 is 5.69 Å². The van der Waals surface area contributed by atoms with Crippen molar-refractivity contribution in [1.29, 1.82) is 0 Å². The van der Waals surface area contributed by atoms with Gasteiger partial charge in [0.25, 0.3) is 10.0 Å². The number of rotatable bonds is 5. The summed E-state index contributed by atoms with van der Waals surface area (Å²) in [7, 11) is -3.89. The lowest BCUT2D eigenvalue weighted by molar-refractivity contribution is -0.383. The van der Waals surface area contributed by atoms with E-state index in [1.165, 1.54) is 0 Å². The number of hydrogen-bond donors (Lipinski definition) is 3. The van der Waals surface area contributed by atoms with Crippen LogP contribution in [0.3, 0.4) is 0 Å². The molecule has 106 valence electrons. The Kier molecular flexibility index (Phi) is 3.88. The van der Waals surface area contributed by atoms with E-state index in [4.69, 9.17) is 5.84 Å². The second kappa shape index (κ2) is 5.45. The first-order chi connectivity index (χ1) is 9.44. The van der Waals surface area contributed by atoms with E-state index in [2.05, 4.69) is 10.1 Å². The monoisotopic (exact) mass is 314 g/mol. The van der Waals surface area contributed by atoms with Crippen molar-refractivity contribution in [2.45, 2.75) is 4.21 Å². The lowest BCUT2D eigenvalue weighted by atomic mass is 10.3. The first kappa shape index (κ1) is 14.2. The Morgan fingerprint density at radius 3 is 2.40 bits per heavy atom. The molecule has 20 heavy (non-hydrogen) atoms. The molecule has 4 N–H and O–H groups in total. The number of nitrogen functional groups attached to an aromatic ring is 1. The van der Waals surface area contributed by atoms with Gasteiger partial charge in [0.05, 0.1) is 4.92 Å². The lowest BCUT2D eigenvalue weighted by Gasteiger charge is -2.04. The van der Waals surface area contributed by atoms with E-state index in [1.54, 1.807) is 30.3 Å². The molecule has 0 unspecified atom stereocenters. The van der Waals surface area contributed by atoms with Gasteiger partial charge in [-0.2, -0.15) is 0 Å². The van der Waals surface area contributed by atoms with Crippen molar-refractivity contribution in [3.63, 3.8) is 0 Å². The predicted octanol–water partition coefficient (Wildman–Crippen LogP) is 1.74. The molecule has 0 saturated carbocycles. The Morgan fingerprint density at radius 2 is 1.90 bits per heavy atom. The van der Waals surface area contributed by atoms with Crippen molar-refractivity contribution >= 4 is 37.7 Å². The molecule has 2 rings (SSSR count). The molecule has 0 bridgehead atoms. The number of hydrogen-bond acceptors (Lipinski definition) is 7. The van der Waals surface area contributed by atoms with Crippen LogP contribution in [0.15, 0.2) is 40.6 Å². The molecule has 1 aromatic heterocycles. The minimum atomic E-state index is -3.89. The van der Waals surface area contributed by atoms with Crippen molar-refractivity contribution in [2.24, 2.45) is 5.84 Å². The lowest BCUT2D eigenvalue weighted by Crippen LogP contribution is -2.11. The highest BCUT2D eigenvalue weighted by Crippen LogP contribution is 2.36. The number of anilines is 2. The number of nitrogens with one attached hydrogen (secondary N) is 2. The molecule has 0 spiro atoms. The number of nitrogens with zero attached hydrogens (tertiary/aromatic N) is 1. The topological polar surface area (TPSA) is 127 Å². The molecule has 0 fully saturated rings. The summed E-state index contributed by atoms with van der Waals surface area (Å²) in [6, 6.07) is 9.18. The van der Waals surface area contributed by atoms with Crippen LogP contribution < -0.4 is 16.0 Å². The van der Waals surface area contributed by atoms with E-state index in [-0.39, 0.29) is 14.9 Å². The average Bonchev–Trinajstić information content (AvgIpc) is 2.84. The molecule has 0 aliphatic carbocycles. The summed E-state index contributed by atoms with van der Waals surface area (Å²) in [5.41, 5.74) is 2.10. The fraction of sp³-hybridized carbons (Fsp3) is 0. The maximum Gasteiger partial charge on any atom is 0.306 e. The minimum absolute atomic E-state index is 0.0246. The summed E-state index contributed by atoms with van der Waals surface area (Å²) in [6.45, 7) is 0. The van der Waals surface area contributed by atoms with E-state index in [0.29, 0.717) is 17.0 Å². The Bertz CT molecular complexity index is 727. The van der Waals surface area contributed by atoms with Gasteiger partial charge in [0.1, 0.15) is 4.21 Å². The second-order valence-electron chi connectivity index (χ2n) is 3.65. The highest BCUT2D eigenvalue weighted by atomic mass is 32.2. The van der Waals surface area contributed by atoms with Crippen molar-refractivity contribution in [2.75, 3.05) is 10.1 Å². The van der Waals surface area contributed by atoms with E-state index < -0.39 is 14.9 Å². The van der Waals surface area contributed by atoms with Crippen LogP contribution in [0.1, 0.15) is 0 Å². The standard InChI is InChI=1S/C10H10N4O4S2/c11-12-10-8(14(15)16)6-9(19-10)20(17,18)13-7-4-2-1-3-5-7/h1-6,12-13H,11H2. The summed E-state index contributed by atoms with van der Waals surface area (Å²) in [5, 5.41) is 10.8. The Hall–Kier alpha value is -2.17. The van der Waals surface area contributed by atoms with Crippen LogP contribution >= 0.6 is 11.3 Å². The number of thiophene rings is 1. The van der Waals surface area contributed by atoms with Gasteiger partial charge in [-0.05, 0) is 12.1 Å². The van der Waals surface area contributed by atoms with Crippen LogP contribution in [-0.4, -0.2) is 13.3 Å². The molecular weight excluding hydrogens is 304 g/mol. The van der Waals surface area contributed by atoms with E-state index >= 15 is 0 Å². The van der Waals surface area contributed by atoms with Crippen molar-refractivity contribution in [3.8, 4) is 0 Å². The molecule has 1 aromatic carbocycles. The van der Waals surface area contributed by atoms with Crippen LogP contribution in [0, 0.1) is 10.1 Å². The third-order valence-electron chi connectivity index (χ3n) is 2.31. The zero-order valence-corrected chi connectivity index (χ0v) is 11.6. The van der Waals surface area contributed by atoms with E-state index in [1.807, 2.05) is 0 Å². The van der Waals surface area contributed by atoms with Gasteiger partial charge < -0.3 is 5.43 Å². The maximum absolute atomic E-state index is 12.1. The molecule has 0 amide bonds. The van der Waals surface area contributed by atoms with Gasteiger partial charge in [0, 0.05) is 11.8 Å². The first-order valence-electron chi connectivity index (χ1n) is 5.27. The van der Waals surface area contributed by atoms with Gasteiger partial charge in [-0.25, -0.2) is 14.3 Å². The van der Waals surface area contributed by atoms with Crippen LogP contribution in [0.2, 0.25) is 0 Å². The van der Waals surface area contributed by atoms with Crippen molar-refractivity contribution in [1.82, 2.24) is 0 Å². The molecule has 0 saturated heterocycles. The summed E-state index contributed by atoms with van der Waals surface area (Å²) in [6.07, 6.45) is 0. The van der Waals surface area contributed by atoms with Gasteiger partial charge in [-0.15, -0.1) is 0 Å². The highest BCUT2D eigenvalue weighted by molar-refractivity contribution is 7.94. The van der Waals surface area contributed by atoms with Gasteiger partial charge in [-0.3, -0.25) is 14.8 Å². The largest absolute Gasteiger partial charge is 0.310 e. The zero-order valence-electron chi connectivity index (χ0n) is 9.94. The fourth-order valence-corrected chi connectivity index (χ4v) is 3.74. The Morgan fingerprint density at radius 1 is 1.25 bits per heavy atom. The average molecular weight is 314 g/mol. The fourth-order valence-electron chi connectivity index (χ4n) is 1.44. The molecule has 1 heterocycles. The number of hydrazine groups is 1. The number of para-hydroxylation sites is 1. The van der Waals surface area contributed by atoms with Crippen LogP contribution in [0.25, 0.3) is 0 Å². The molecule has 0 atom stereocenters. The highest BCUT2D eigenvalue weighted by Gasteiger charge is 2.25.